The van der Waals surface area contributed by atoms with Gasteiger partial charge in [-0.15, -0.1) is 0 Å². The van der Waals surface area contributed by atoms with E-state index >= 15 is 0 Å². The van der Waals surface area contributed by atoms with Gasteiger partial charge in [0.25, 0.3) is 0 Å². The van der Waals surface area contributed by atoms with Gasteiger partial charge in [0.05, 0.1) is 0 Å². The molecule has 0 unspecified atom stereocenters. The third-order valence-corrected chi connectivity index (χ3v) is 2.14. The molecular weight excluding hydrogens is 121 g/mol. The monoisotopic (exact) mass is 137 g/mol. The molecule has 2 heteroatoms. The Labute approximate surface area is 65.2 Å². The average molecular weight is 137 g/mol. The first-order chi connectivity index (χ1) is 4.89. The van der Waals surface area contributed by atoms with E-state index in [1.165, 1.54) is 38.5 Å². The fraction of sp³-hybridized carbons (Fsp3) is 1.00. The molecule has 1 fully saturated rings. The maximum absolute atomic E-state index is 5.71. The molecule has 0 aromatic rings. The molecule has 1 aliphatic rings. The molecule has 1 nitrogen and oxygen atoms in total. The topological polar surface area (TPSA) is 3.24 Å². The van der Waals surface area contributed by atoms with Gasteiger partial charge in [0.15, 0.2) is 7.98 Å². The van der Waals surface area contributed by atoms with Gasteiger partial charge >= 0.3 is 0 Å². The van der Waals surface area contributed by atoms with Gasteiger partial charge in [-0.1, -0.05) is 25.7 Å². The van der Waals surface area contributed by atoms with Crippen molar-refractivity contribution in [1.29, 1.82) is 0 Å². The smallest absolute Gasteiger partial charge is 0.182 e. The Morgan fingerprint density at radius 2 is 1.10 bits per heavy atom. The van der Waals surface area contributed by atoms with Gasteiger partial charge < -0.3 is 4.81 Å². The molecular formula is C8H16BN. The summed E-state index contributed by atoms with van der Waals surface area (Å²) < 4.78 is 0. The Morgan fingerprint density at radius 1 is 0.700 bits per heavy atom. The van der Waals surface area contributed by atoms with Gasteiger partial charge in [-0.3, -0.25) is 0 Å². The highest BCUT2D eigenvalue weighted by atomic mass is 15.0. The summed E-state index contributed by atoms with van der Waals surface area (Å²) in [4.78, 5) is 1.96. The lowest BCUT2D eigenvalue weighted by Crippen LogP contribution is -2.21. The highest BCUT2D eigenvalue weighted by Crippen LogP contribution is 2.09. The minimum atomic E-state index is 1.10. The fourth-order valence-electron chi connectivity index (χ4n) is 1.45. The van der Waals surface area contributed by atoms with E-state index in [4.69, 9.17) is 7.98 Å². The van der Waals surface area contributed by atoms with E-state index in [1.807, 2.05) is 4.81 Å². The second-order valence-electron chi connectivity index (χ2n) is 3.16. The van der Waals surface area contributed by atoms with Crippen LogP contribution in [0.5, 0.6) is 0 Å². The van der Waals surface area contributed by atoms with Crippen molar-refractivity contribution in [3.63, 3.8) is 0 Å². The zero-order valence-electron chi connectivity index (χ0n) is 6.68. The van der Waals surface area contributed by atoms with E-state index in [0.717, 1.165) is 13.1 Å². The summed E-state index contributed by atoms with van der Waals surface area (Å²) in [6.07, 6.45) is 8.14. The van der Waals surface area contributed by atoms with Crippen LogP contribution < -0.4 is 0 Å². The van der Waals surface area contributed by atoms with E-state index in [1.54, 1.807) is 0 Å². The highest BCUT2D eigenvalue weighted by Gasteiger charge is 2.00. The molecule has 1 rings (SSSR count). The van der Waals surface area contributed by atoms with E-state index in [0.29, 0.717) is 0 Å². The Hall–Kier alpha value is 0.0249. The quantitative estimate of drug-likeness (QED) is 0.459. The predicted octanol–water partition coefficient (Wildman–Crippen LogP) is 1.73. The molecule has 0 aliphatic carbocycles. The van der Waals surface area contributed by atoms with Crippen molar-refractivity contribution < 1.29 is 0 Å². The maximum Gasteiger partial charge on any atom is 0.182 e. The summed E-state index contributed by atoms with van der Waals surface area (Å²) in [5, 5.41) is 0. The van der Waals surface area contributed by atoms with Crippen molar-refractivity contribution in [2.75, 3.05) is 13.1 Å². The van der Waals surface area contributed by atoms with Crippen LogP contribution in [0.1, 0.15) is 38.5 Å². The van der Waals surface area contributed by atoms with Crippen molar-refractivity contribution in [3.05, 3.63) is 0 Å². The van der Waals surface area contributed by atoms with Crippen LogP contribution in [0.25, 0.3) is 0 Å². The summed E-state index contributed by atoms with van der Waals surface area (Å²) in [6.45, 7) is 2.19. The average Bonchev–Trinajstić information content (AvgIpc) is 2.02. The number of hydrogen-bond donors (Lipinski definition) is 0. The van der Waals surface area contributed by atoms with Crippen molar-refractivity contribution in [1.82, 2.24) is 4.81 Å². The second kappa shape index (κ2) is 4.78. The van der Waals surface area contributed by atoms with Crippen LogP contribution in [0.4, 0.5) is 0 Å². The summed E-state index contributed by atoms with van der Waals surface area (Å²) in [5.41, 5.74) is 0. The van der Waals surface area contributed by atoms with Crippen LogP contribution in [-0.4, -0.2) is 25.9 Å². The Morgan fingerprint density at radius 3 is 1.60 bits per heavy atom. The number of rotatable bonds is 0. The largest absolute Gasteiger partial charge is 0.353 e. The van der Waals surface area contributed by atoms with Crippen molar-refractivity contribution in [2.24, 2.45) is 0 Å². The highest BCUT2D eigenvalue weighted by molar-refractivity contribution is 6.04. The van der Waals surface area contributed by atoms with Crippen molar-refractivity contribution >= 4 is 7.98 Å². The molecule has 0 amide bonds. The lowest BCUT2D eigenvalue weighted by molar-refractivity contribution is 0.437. The first kappa shape index (κ1) is 8.12. The summed E-state index contributed by atoms with van der Waals surface area (Å²) in [6, 6.07) is 0. The molecule has 0 atom stereocenters. The first-order valence-electron chi connectivity index (χ1n) is 4.39. The normalized spacial score (nSPS) is 24.8. The molecule has 2 radical (unpaired) electrons. The minimum absolute atomic E-state index is 1.10. The molecule has 0 aromatic heterocycles. The second-order valence-corrected chi connectivity index (χ2v) is 3.16. The van der Waals surface area contributed by atoms with Gasteiger partial charge in [0, 0.05) is 0 Å². The maximum atomic E-state index is 5.71. The van der Waals surface area contributed by atoms with Crippen molar-refractivity contribution in [2.45, 2.75) is 38.5 Å². The molecule has 0 aromatic carbocycles. The summed E-state index contributed by atoms with van der Waals surface area (Å²) in [7, 11) is 5.71. The molecule has 1 aliphatic heterocycles. The van der Waals surface area contributed by atoms with E-state index in [-0.39, 0.29) is 0 Å². The van der Waals surface area contributed by atoms with Gasteiger partial charge in [-0.25, -0.2) is 0 Å². The Bertz CT molecular complexity index is 75.3. The van der Waals surface area contributed by atoms with Crippen LogP contribution in [0.15, 0.2) is 0 Å². The summed E-state index contributed by atoms with van der Waals surface area (Å²) >= 11 is 0. The lowest BCUT2D eigenvalue weighted by atomic mass is 10.1. The summed E-state index contributed by atoms with van der Waals surface area (Å²) in [5.74, 6) is 0. The van der Waals surface area contributed by atoms with Gasteiger partial charge in [-0.2, -0.15) is 0 Å². The van der Waals surface area contributed by atoms with Gasteiger partial charge in [0.2, 0.25) is 0 Å². The first-order valence-corrected chi connectivity index (χ1v) is 4.39. The molecule has 0 saturated carbocycles. The van der Waals surface area contributed by atoms with Crippen LogP contribution in [-0.2, 0) is 0 Å². The molecule has 1 saturated heterocycles. The lowest BCUT2D eigenvalue weighted by Gasteiger charge is -2.14. The van der Waals surface area contributed by atoms with Crippen LogP contribution in [0.3, 0.4) is 0 Å². The molecule has 0 spiro atoms. The van der Waals surface area contributed by atoms with Crippen molar-refractivity contribution in [3.8, 4) is 0 Å². The Kier molecular flexibility index (Phi) is 3.88. The van der Waals surface area contributed by atoms with Gasteiger partial charge in [0.1, 0.15) is 0 Å². The number of nitrogens with zero attached hydrogens (tertiary/aromatic N) is 1. The third-order valence-electron chi connectivity index (χ3n) is 2.14. The van der Waals surface area contributed by atoms with Crippen LogP contribution >= 0.6 is 0 Å². The zero-order chi connectivity index (χ0) is 7.23. The molecule has 56 valence electrons. The zero-order valence-corrected chi connectivity index (χ0v) is 6.68. The fourth-order valence-corrected chi connectivity index (χ4v) is 1.45. The van der Waals surface area contributed by atoms with Crippen LogP contribution in [0, 0.1) is 0 Å². The SMILES string of the molecule is [B]N1CCCCCCCC1. The minimum Gasteiger partial charge on any atom is -0.353 e. The molecule has 1 heterocycles. The molecule has 10 heavy (non-hydrogen) atoms. The van der Waals surface area contributed by atoms with E-state index in [2.05, 4.69) is 0 Å². The van der Waals surface area contributed by atoms with Gasteiger partial charge in [-0.05, 0) is 25.9 Å². The third kappa shape index (κ3) is 3.26. The Balaban J connectivity index is 2.15. The predicted molar refractivity (Wildman–Crippen MR) is 45.0 cm³/mol. The van der Waals surface area contributed by atoms with Crippen LogP contribution in [0.2, 0.25) is 0 Å². The van der Waals surface area contributed by atoms with E-state index < -0.39 is 0 Å². The van der Waals surface area contributed by atoms with E-state index in [9.17, 15) is 0 Å². The number of hydrogen-bond acceptors (Lipinski definition) is 1. The molecule has 0 bridgehead atoms. The molecule has 0 N–H and O–H groups in total. The standard InChI is InChI=1S/C8H16BN/c9-10-7-5-3-1-2-4-6-8-10/h1-8H2.